The summed E-state index contributed by atoms with van der Waals surface area (Å²) in [6.07, 6.45) is 0. The van der Waals surface area contributed by atoms with E-state index in [2.05, 4.69) is 10.3 Å². The van der Waals surface area contributed by atoms with Crippen LogP contribution in [0.5, 0.6) is 0 Å². The minimum absolute atomic E-state index is 0.0150. The fourth-order valence-electron chi connectivity index (χ4n) is 3.29. The highest BCUT2D eigenvalue weighted by Crippen LogP contribution is 2.33. The molecule has 1 N–H and O–H groups in total. The number of fused-ring (bicyclic) bond motifs is 1. The molecule has 0 aliphatic carbocycles. The number of rotatable bonds is 8. The van der Waals surface area contributed by atoms with Crippen molar-refractivity contribution in [1.82, 2.24) is 9.55 Å². The summed E-state index contributed by atoms with van der Waals surface area (Å²) < 4.78 is 11.6. The first kappa shape index (κ1) is 24.0. The zero-order valence-corrected chi connectivity index (χ0v) is 20.2. The van der Waals surface area contributed by atoms with Gasteiger partial charge in [-0.05, 0) is 38.5 Å². The molecule has 0 radical (unpaired) electrons. The third-order valence-electron chi connectivity index (χ3n) is 4.98. The number of methoxy groups -OCH3 is 2. The number of carbonyl (C=O) groups excluding carboxylic acids is 2. The Morgan fingerprint density at radius 1 is 1.25 bits per heavy atom. The van der Waals surface area contributed by atoms with E-state index in [1.807, 2.05) is 26.8 Å². The number of benzene rings is 1. The van der Waals surface area contributed by atoms with Gasteiger partial charge in [-0.15, -0.1) is 11.3 Å². The average Bonchev–Trinajstić information content (AvgIpc) is 3.04. The van der Waals surface area contributed by atoms with E-state index in [0.717, 1.165) is 22.2 Å². The van der Waals surface area contributed by atoms with Gasteiger partial charge in [-0.25, -0.2) is 9.78 Å². The molecule has 32 heavy (non-hydrogen) atoms. The van der Waals surface area contributed by atoms with Crippen molar-refractivity contribution < 1.29 is 19.1 Å². The van der Waals surface area contributed by atoms with Gasteiger partial charge in [0.15, 0.2) is 5.16 Å². The number of aryl methyl sites for hydroxylation is 1. The van der Waals surface area contributed by atoms with Crippen LogP contribution in [0.1, 0.15) is 33.8 Å². The zero-order valence-electron chi connectivity index (χ0n) is 18.6. The Bertz CT molecular complexity index is 1220. The van der Waals surface area contributed by atoms with Crippen LogP contribution in [-0.2, 0) is 14.3 Å². The van der Waals surface area contributed by atoms with Crippen molar-refractivity contribution in [1.29, 1.82) is 0 Å². The number of ether oxygens (including phenoxy) is 2. The molecular weight excluding hydrogens is 450 g/mol. The first-order chi connectivity index (χ1) is 15.3. The third-order valence-corrected chi connectivity index (χ3v) is 7.06. The van der Waals surface area contributed by atoms with Gasteiger partial charge in [-0.3, -0.25) is 14.2 Å². The predicted molar refractivity (Wildman–Crippen MR) is 127 cm³/mol. The first-order valence-electron chi connectivity index (χ1n) is 9.89. The molecule has 170 valence electrons. The molecule has 0 aliphatic rings. The number of thioether (sulfide) groups is 1. The molecule has 0 fully saturated rings. The fourth-order valence-corrected chi connectivity index (χ4v) is 5.25. The summed E-state index contributed by atoms with van der Waals surface area (Å²) in [6.45, 7) is 5.89. The molecule has 3 rings (SSSR count). The van der Waals surface area contributed by atoms with E-state index >= 15 is 0 Å². The van der Waals surface area contributed by atoms with Crippen molar-refractivity contribution >= 4 is 50.9 Å². The Labute approximate surface area is 193 Å². The summed E-state index contributed by atoms with van der Waals surface area (Å²) in [5.74, 6) is -0.788. The first-order valence-corrected chi connectivity index (χ1v) is 11.7. The molecule has 3 aromatic rings. The number of carbonyl (C=O) groups is 2. The van der Waals surface area contributed by atoms with Crippen LogP contribution in [0.4, 0.5) is 5.00 Å². The van der Waals surface area contributed by atoms with Crippen LogP contribution in [0.3, 0.4) is 0 Å². The largest absolute Gasteiger partial charge is 0.465 e. The van der Waals surface area contributed by atoms with Crippen molar-refractivity contribution in [2.45, 2.75) is 32.0 Å². The van der Waals surface area contributed by atoms with Gasteiger partial charge in [0.2, 0.25) is 5.91 Å². The Morgan fingerprint density at radius 3 is 2.66 bits per heavy atom. The van der Waals surface area contributed by atoms with Crippen molar-refractivity contribution in [3.63, 3.8) is 0 Å². The molecule has 0 saturated carbocycles. The quantitative estimate of drug-likeness (QED) is 0.300. The van der Waals surface area contributed by atoms with Crippen molar-refractivity contribution in [2.75, 3.05) is 31.9 Å². The topological polar surface area (TPSA) is 99.5 Å². The molecule has 8 nitrogen and oxygen atoms in total. The summed E-state index contributed by atoms with van der Waals surface area (Å²) in [5, 5.41) is 4.20. The van der Waals surface area contributed by atoms with E-state index in [0.29, 0.717) is 33.2 Å². The van der Waals surface area contributed by atoms with Gasteiger partial charge in [-0.1, -0.05) is 23.9 Å². The van der Waals surface area contributed by atoms with Gasteiger partial charge in [-0.2, -0.15) is 0 Å². The minimum atomic E-state index is -0.492. The number of hydrogen-bond donors (Lipinski definition) is 1. The lowest BCUT2D eigenvalue weighted by atomic mass is 10.1. The van der Waals surface area contributed by atoms with Crippen LogP contribution in [0, 0.1) is 13.8 Å². The minimum Gasteiger partial charge on any atom is -0.465 e. The van der Waals surface area contributed by atoms with E-state index in [1.165, 1.54) is 18.4 Å². The van der Waals surface area contributed by atoms with E-state index in [1.54, 1.807) is 29.9 Å². The zero-order chi connectivity index (χ0) is 23.4. The summed E-state index contributed by atoms with van der Waals surface area (Å²) in [6, 6.07) is 6.85. The Balaban J connectivity index is 1.87. The second-order valence-corrected chi connectivity index (χ2v) is 9.37. The molecule has 0 unspecified atom stereocenters. The number of esters is 1. The van der Waals surface area contributed by atoms with Crippen LogP contribution < -0.4 is 10.9 Å². The Morgan fingerprint density at radius 2 is 1.97 bits per heavy atom. The van der Waals surface area contributed by atoms with Gasteiger partial charge in [0.25, 0.3) is 5.56 Å². The van der Waals surface area contributed by atoms with E-state index in [-0.39, 0.29) is 23.3 Å². The number of amides is 1. The van der Waals surface area contributed by atoms with E-state index < -0.39 is 5.97 Å². The standard InChI is InChI=1S/C22H25N3O5S2/c1-12(10-29-4)25-20(27)15-8-6-7-9-16(15)23-22(25)31-11-17(26)24-19-18(21(28)30-5)13(2)14(3)32-19/h6-9,12H,10-11H2,1-5H3,(H,24,26)/t12-/m0/s1. The fraction of sp³-hybridized carbons (Fsp3) is 0.364. The number of nitrogens with zero attached hydrogens (tertiary/aromatic N) is 2. The number of thiophene rings is 1. The maximum atomic E-state index is 13.1. The van der Waals surface area contributed by atoms with Gasteiger partial charge < -0.3 is 14.8 Å². The molecule has 1 aromatic carbocycles. The highest BCUT2D eigenvalue weighted by atomic mass is 32.2. The lowest BCUT2D eigenvalue weighted by Crippen LogP contribution is -2.29. The second-order valence-electron chi connectivity index (χ2n) is 7.21. The van der Waals surface area contributed by atoms with Crippen LogP contribution in [0.2, 0.25) is 0 Å². The van der Waals surface area contributed by atoms with Crippen LogP contribution in [0.15, 0.2) is 34.2 Å². The molecule has 2 heterocycles. The Kier molecular flexibility index (Phi) is 7.70. The predicted octanol–water partition coefficient (Wildman–Crippen LogP) is 3.80. The highest BCUT2D eigenvalue weighted by Gasteiger charge is 2.22. The lowest BCUT2D eigenvalue weighted by Gasteiger charge is -2.18. The molecule has 0 aliphatic heterocycles. The van der Waals surface area contributed by atoms with E-state index in [4.69, 9.17) is 9.47 Å². The van der Waals surface area contributed by atoms with Crippen LogP contribution in [-0.4, -0.2) is 48.0 Å². The molecular formula is C22H25N3O5S2. The molecule has 0 bridgehead atoms. The maximum Gasteiger partial charge on any atom is 0.341 e. The smallest absolute Gasteiger partial charge is 0.341 e. The SMILES string of the molecule is COC[C@H](C)n1c(SCC(=O)Nc2sc(C)c(C)c2C(=O)OC)nc2ccccc2c1=O. The van der Waals surface area contributed by atoms with Gasteiger partial charge in [0.1, 0.15) is 5.00 Å². The van der Waals surface area contributed by atoms with Crippen LogP contribution >= 0.6 is 23.1 Å². The van der Waals surface area contributed by atoms with Gasteiger partial charge >= 0.3 is 5.97 Å². The molecule has 10 heteroatoms. The number of aromatic nitrogens is 2. The second kappa shape index (κ2) is 10.3. The molecule has 1 atom stereocenters. The summed E-state index contributed by atoms with van der Waals surface area (Å²) in [5.41, 5.74) is 1.53. The average molecular weight is 476 g/mol. The molecule has 0 spiro atoms. The van der Waals surface area contributed by atoms with Crippen molar-refractivity contribution in [3.8, 4) is 0 Å². The van der Waals surface area contributed by atoms with E-state index in [9.17, 15) is 14.4 Å². The maximum absolute atomic E-state index is 13.1. The molecule has 1 amide bonds. The van der Waals surface area contributed by atoms with Crippen LogP contribution in [0.25, 0.3) is 10.9 Å². The summed E-state index contributed by atoms with van der Waals surface area (Å²) in [4.78, 5) is 43.5. The van der Waals surface area contributed by atoms with Gasteiger partial charge in [0, 0.05) is 12.0 Å². The Hall–Kier alpha value is -2.69. The highest BCUT2D eigenvalue weighted by molar-refractivity contribution is 7.99. The van der Waals surface area contributed by atoms with Crippen molar-refractivity contribution in [3.05, 3.63) is 50.6 Å². The summed E-state index contributed by atoms with van der Waals surface area (Å²) >= 11 is 2.49. The molecule has 2 aromatic heterocycles. The number of nitrogens with one attached hydrogen (secondary N) is 1. The third kappa shape index (κ3) is 4.87. The lowest BCUT2D eigenvalue weighted by molar-refractivity contribution is -0.113. The number of para-hydroxylation sites is 1. The monoisotopic (exact) mass is 475 g/mol. The number of hydrogen-bond acceptors (Lipinski definition) is 8. The number of anilines is 1. The van der Waals surface area contributed by atoms with Gasteiger partial charge in [0.05, 0.1) is 42.0 Å². The normalized spacial score (nSPS) is 12.0. The van der Waals surface area contributed by atoms with Crippen molar-refractivity contribution in [2.24, 2.45) is 0 Å². The molecule has 0 saturated heterocycles. The summed E-state index contributed by atoms with van der Waals surface area (Å²) in [7, 11) is 2.88.